The van der Waals surface area contributed by atoms with Crippen molar-refractivity contribution in [3.8, 4) is 0 Å². The van der Waals surface area contributed by atoms with Crippen LogP contribution in [0.25, 0.3) is 0 Å². The molecule has 19 heavy (non-hydrogen) atoms. The van der Waals surface area contributed by atoms with Crippen LogP contribution < -0.4 is 5.32 Å². The summed E-state index contributed by atoms with van der Waals surface area (Å²) in [7, 11) is 0. The predicted molar refractivity (Wildman–Crippen MR) is 72.6 cm³/mol. The first-order valence-electron chi connectivity index (χ1n) is 5.55. The van der Waals surface area contributed by atoms with Gasteiger partial charge in [0.1, 0.15) is 12.4 Å². The predicted octanol–water partition coefficient (Wildman–Crippen LogP) is 2.92. The average molecular weight is 333 g/mol. The summed E-state index contributed by atoms with van der Waals surface area (Å²) in [6.07, 6.45) is 0. The Bertz CT molecular complexity index is 494. The Morgan fingerprint density at radius 2 is 2.11 bits per heavy atom. The first-order chi connectivity index (χ1) is 8.81. The van der Waals surface area contributed by atoms with Crippen molar-refractivity contribution in [1.82, 2.24) is 4.90 Å². The molecule has 7 heteroatoms. The number of amides is 2. The lowest BCUT2D eigenvalue weighted by atomic mass is 10.3. The Morgan fingerprint density at radius 1 is 1.47 bits per heavy atom. The van der Waals surface area contributed by atoms with Crippen LogP contribution in [0.3, 0.4) is 0 Å². The Kier molecular flexibility index (Phi) is 5.29. The normalized spacial score (nSPS) is 10.4. The summed E-state index contributed by atoms with van der Waals surface area (Å²) in [5.41, 5.74) is 0.384. The molecule has 5 nitrogen and oxygen atoms in total. The van der Waals surface area contributed by atoms with E-state index in [1.165, 1.54) is 23.1 Å². The molecular weight excluding hydrogens is 319 g/mol. The molecule has 104 valence electrons. The largest absolute Gasteiger partial charge is 0.480 e. The molecule has 1 aromatic carbocycles. The van der Waals surface area contributed by atoms with Crippen molar-refractivity contribution in [2.75, 3.05) is 11.9 Å². The highest BCUT2D eigenvalue weighted by molar-refractivity contribution is 9.10. The summed E-state index contributed by atoms with van der Waals surface area (Å²) in [6.45, 7) is 3.03. The van der Waals surface area contributed by atoms with Crippen LogP contribution >= 0.6 is 15.9 Å². The quantitative estimate of drug-likeness (QED) is 0.890. The third kappa shape index (κ3) is 4.51. The van der Waals surface area contributed by atoms with Crippen molar-refractivity contribution in [3.63, 3.8) is 0 Å². The van der Waals surface area contributed by atoms with Crippen LogP contribution in [0.1, 0.15) is 13.8 Å². The highest BCUT2D eigenvalue weighted by Crippen LogP contribution is 2.20. The number of carbonyl (C=O) groups excluding carboxylic acids is 1. The number of carboxylic acids is 1. The Morgan fingerprint density at radius 3 is 2.58 bits per heavy atom. The molecule has 0 saturated heterocycles. The standard InChI is InChI=1S/C12H14BrFN2O3/c1-7(2)16(6-11(17)18)12(19)15-8-3-4-10(14)9(13)5-8/h3-5,7H,6H2,1-2H3,(H,15,19)(H,17,18). The third-order valence-corrected chi connectivity index (χ3v) is 2.97. The van der Waals surface area contributed by atoms with Crippen molar-refractivity contribution in [2.45, 2.75) is 19.9 Å². The topological polar surface area (TPSA) is 69.6 Å². The summed E-state index contributed by atoms with van der Waals surface area (Å²) in [5, 5.41) is 11.3. The van der Waals surface area contributed by atoms with E-state index in [-0.39, 0.29) is 10.5 Å². The zero-order valence-electron chi connectivity index (χ0n) is 10.5. The molecule has 0 atom stereocenters. The van der Waals surface area contributed by atoms with Gasteiger partial charge in [0.2, 0.25) is 0 Å². The third-order valence-electron chi connectivity index (χ3n) is 2.36. The van der Waals surface area contributed by atoms with Gasteiger partial charge in [0.15, 0.2) is 0 Å². The maximum absolute atomic E-state index is 13.0. The number of anilines is 1. The van der Waals surface area contributed by atoms with Crippen LogP contribution in [-0.4, -0.2) is 34.6 Å². The fourth-order valence-electron chi connectivity index (χ4n) is 1.40. The van der Waals surface area contributed by atoms with Crippen LogP contribution in [0.5, 0.6) is 0 Å². The number of rotatable bonds is 4. The second-order valence-electron chi connectivity index (χ2n) is 4.17. The number of nitrogens with zero attached hydrogens (tertiary/aromatic N) is 1. The lowest BCUT2D eigenvalue weighted by Gasteiger charge is -2.25. The van der Waals surface area contributed by atoms with Gasteiger partial charge < -0.3 is 15.3 Å². The van der Waals surface area contributed by atoms with E-state index in [9.17, 15) is 14.0 Å². The molecule has 0 fully saturated rings. The Hall–Kier alpha value is -1.63. The molecule has 0 heterocycles. The van der Waals surface area contributed by atoms with E-state index in [2.05, 4.69) is 21.2 Å². The summed E-state index contributed by atoms with van der Waals surface area (Å²) < 4.78 is 13.3. The molecule has 0 aliphatic heterocycles. The molecule has 0 aliphatic rings. The number of halogens is 2. The maximum atomic E-state index is 13.0. The highest BCUT2D eigenvalue weighted by atomic mass is 79.9. The number of hydrogen-bond donors (Lipinski definition) is 2. The first kappa shape index (κ1) is 15.4. The number of hydrogen-bond acceptors (Lipinski definition) is 2. The van der Waals surface area contributed by atoms with Crippen LogP contribution in [-0.2, 0) is 4.79 Å². The second kappa shape index (κ2) is 6.51. The smallest absolute Gasteiger partial charge is 0.323 e. The number of nitrogens with one attached hydrogen (secondary N) is 1. The zero-order valence-corrected chi connectivity index (χ0v) is 12.1. The van der Waals surface area contributed by atoms with Crippen LogP contribution in [0.2, 0.25) is 0 Å². The molecule has 0 aliphatic carbocycles. The molecule has 0 bridgehead atoms. The van der Waals surface area contributed by atoms with Crippen molar-refractivity contribution in [2.24, 2.45) is 0 Å². The number of carbonyl (C=O) groups is 2. The van der Waals surface area contributed by atoms with E-state index in [0.717, 1.165) is 0 Å². The molecule has 0 radical (unpaired) electrons. The molecule has 1 rings (SSSR count). The number of urea groups is 1. The van der Waals surface area contributed by atoms with Gasteiger partial charge in [-0.15, -0.1) is 0 Å². The summed E-state index contributed by atoms with van der Waals surface area (Å²) >= 11 is 3.01. The van der Waals surface area contributed by atoms with Gasteiger partial charge in [0, 0.05) is 11.7 Å². The molecule has 1 aromatic rings. The van der Waals surface area contributed by atoms with E-state index in [1.54, 1.807) is 13.8 Å². The van der Waals surface area contributed by atoms with E-state index in [1.807, 2.05) is 0 Å². The van der Waals surface area contributed by atoms with E-state index in [4.69, 9.17) is 5.11 Å². The van der Waals surface area contributed by atoms with Gasteiger partial charge in [-0.1, -0.05) is 0 Å². The summed E-state index contributed by atoms with van der Waals surface area (Å²) in [4.78, 5) is 23.8. The number of aliphatic carboxylic acids is 1. The van der Waals surface area contributed by atoms with Crippen molar-refractivity contribution >= 4 is 33.6 Å². The lowest BCUT2D eigenvalue weighted by molar-refractivity contribution is -0.137. The molecule has 0 spiro atoms. The van der Waals surface area contributed by atoms with Crippen LogP contribution in [0.4, 0.5) is 14.9 Å². The second-order valence-corrected chi connectivity index (χ2v) is 5.03. The average Bonchev–Trinajstić information content (AvgIpc) is 2.30. The van der Waals surface area contributed by atoms with Gasteiger partial charge in [-0.25, -0.2) is 9.18 Å². The fraction of sp³-hybridized carbons (Fsp3) is 0.333. The Balaban J connectivity index is 2.81. The fourth-order valence-corrected chi connectivity index (χ4v) is 1.78. The molecule has 0 saturated carbocycles. The first-order valence-corrected chi connectivity index (χ1v) is 6.35. The van der Waals surface area contributed by atoms with Crippen LogP contribution in [0, 0.1) is 5.82 Å². The maximum Gasteiger partial charge on any atom is 0.323 e. The molecular formula is C12H14BrFN2O3. The minimum atomic E-state index is -1.09. The molecule has 2 N–H and O–H groups in total. The summed E-state index contributed by atoms with van der Waals surface area (Å²) in [5.74, 6) is -1.53. The minimum Gasteiger partial charge on any atom is -0.480 e. The highest BCUT2D eigenvalue weighted by Gasteiger charge is 2.20. The Labute approximate surface area is 118 Å². The van der Waals surface area contributed by atoms with Gasteiger partial charge in [-0.3, -0.25) is 4.79 Å². The minimum absolute atomic E-state index is 0.222. The lowest BCUT2D eigenvalue weighted by Crippen LogP contribution is -2.43. The van der Waals surface area contributed by atoms with Crippen molar-refractivity contribution in [1.29, 1.82) is 0 Å². The molecule has 0 unspecified atom stereocenters. The SMILES string of the molecule is CC(C)N(CC(=O)O)C(=O)Nc1ccc(F)c(Br)c1. The van der Waals surface area contributed by atoms with Crippen molar-refractivity contribution < 1.29 is 19.1 Å². The van der Waals surface area contributed by atoms with Crippen LogP contribution in [0.15, 0.2) is 22.7 Å². The number of benzene rings is 1. The van der Waals surface area contributed by atoms with Gasteiger partial charge in [0.25, 0.3) is 0 Å². The van der Waals surface area contributed by atoms with Gasteiger partial charge in [-0.05, 0) is 48.0 Å². The van der Waals surface area contributed by atoms with Gasteiger partial charge in [0.05, 0.1) is 4.47 Å². The van der Waals surface area contributed by atoms with Gasteiger partial charge >= 0.3 is 12.0 Å². The van der Waals surface area contributed by atoms with E-state index >= 15 is 0 Å². The zero-order chi connectivity index (χ0) is 14.6. The van der Waals surface area contributed by atoms with E-state index in [0.29, 0.717) is 5.69 Å². The monoisotopic (exact) mass is 332 g/mol. The molecule has 2 amide bonds. The van der Waals surface area contributed by atoms with E-state index < -0.39 is 24.4 Å². The molecule has 0 aromatic heterocycles. The van der Waals surface area contributed by atoms with Gasteiger partial charge in [-0.2, -0.15) is 0 Å². The van der Waals surface area contributed by atoms with Crippen molar-refractivity contribution in [3.05, 3.63) is 28.5 Å². The summed E-state index contributed by atoms with van der Waals surface area (Å²) in [6, 6.07) is 3.20. The number of carboxylic acid groups (broad SMARTS) is 1.